The van der Waals surface area contributed by atoms with E-state index in [1.165, 1.54) is 0 Å². The lowest BCUT2D eigenvalue weighted by Crippen LogP contribution is -2.13. The Balaban J connectivity index is 1.91. The van der Waals surface area contributed by atoms with Crippen molar-refractivity contribution in [3.05, 3.63) is 76.1 Å². The maximum Gasteiger partial charge on any atom is 0.250 e. The van der Waals surface area contributed by atoms with Gasteiger partial charge in [0, 0.05) is 26.9 Å². The van der Waals surface area contributed by atoms with Crippen molar-refractivity contribution < 1.29 is 4.79 Å². The Kier molecular flexibility index (Phi) is 4.68. The second-order valence-electron chi connectivity index (χ2n) is 5.83. The van der Waals surface area contributed by atoms with E-state index in [1.54, 1.807) is 30.6 Å². The van der Waals surface area contributed by atoms with Gasteiger partial charge < -0.3 is 11.1 Å². The van der Waals surface area contributed by atoms with Crippen LogP contribution in [0.15, 0.2) is 67.0 Å². The summed E-state index contributed by atoms with van der Waals surface area (Å²) in [6.07, 6.45) is 3.42. The minimum absolute atomic E-state index is 0.401. The van der Waals surface area contributed by atoms with Crippen LogP contribution in [0.25, 0.3) is 22.3 Å². The van der Waals surface area contributed by atoms with Gasteiger partial charge in [-0.05, 0) is 65.1 Å². The second-order valence-corrected chi connectivity index (χ2v) is 7.08. The number of aromatic nitrogens is 3. The monoisotopic (exact) mass is 467 g/mol. The zero-order valence-corrected chi connectivity index (χ0v) is 16.2. The largest absolute Gasteiger partial charge is 0.366 e. The number of amides is 1. The van der Waals surface area contributed by atoms with Crippen LogP contribution in [-0.4, -0.2) is 20.9 Å². The van der Waals surface area contributed by atoms with Gasteiger partial charge in [-0.3, -0.25) is 9.78 Å². The van der Waals surface area contributed by atoms with Crippen molar-refractivity contribution in [2.24, 2.45) is 5.73 Å². The summed E-state index contributed by atoms with van der Waals surface area (Å²) in [6, 6.07) is 16.8. The van der Waals surface area contributed by atoms with E-state index in [0.29, 0.717) is 22.9 Å². The number of hydrogen-bond acceptors (Lipinski definition) is 5. The van der Waals surface area contributed by atoms with Crippen LogP contribution in [0, 0.1) is 3.57 Å². The lowest BCUT2D eigenvalue weighted by atomic mass is 10.1. The molecule has 4 rings (SSSR count). The molecular weight excluding hydrogens is 453 g/mol. The first-order valence-electron chi connectivity index (χ1n) is 8.15. The molecule has 0 saturated heterocycles. The van der Waals surface area contributed by atoms with Gasteiger partial charge in [0.05, 0.1) is 16.8 Å². The second kappa shape index (κ2) is 7.28. The SMILES string of the molecule is NC(=O)c1ccccc1Nc1nc(-c2cccnc2)nc2ccc(I)cc12. The molecule has 0 aliphatic rings. The van der Waals surface area contributed by atoms with Crippen molar-refractivity contribution in [3.8, 4) is 11.4 Å². The van der Waals surface area contributed by atoms with E-state index in [0.717, 1.165) is 20.0 Å². The van der Waals surface area contributed by atoms with Gasteiger partial charge in [0.25, 0.3) is 5.91 Å². The van der Waals surface area contributed by atoms with Crippen molar-refractivity contribution in [2.45, 2.75) is 0 Å². The molecule has 2 heterocycles. The summed E-state index contributed by atoms with van der Waals surface area (Å²) in [4.78, 5) is 25.3. The van der Waals surface area contributed by atoms with Gasteiger partial charge in [0.15, 0.2) is 5.82 Å². The van der Waals surface area contributed by atoms with Gasteiger partial charge in [-0.1, -0.05) is 12.1 Å². The van der Waals surface area contributed by atoms with Crippen molar-refractivity contribution in [1.82, 2.24) is 15.0 Å². The van der Waals surface area contributed by atoms with E-state index in [2.05, 4.69) is 37.9 Å². The number of halogens is 1. The van der Waals surface area contributed by atoms with Crippen molar-refractivity contribution in [2.75, 3.05) is 5.32 Å². The van der Waals surface area contributed by atoms with Gasteiger partial charge in [0.2, 0.25) is 0 Å². The van der Waals surface area contributed by atoms with Crippen LogP contribution in [0.3, 0.4) is 0 Å². The number of nitrogens with one attached hydrogen (secondary N) is 1. The van der Waals surface area contributed by atoms with Crippen LogP contribution >= 0.6 is 22.6 Å². The van der Waals surface area contributed by atoms with Crippen LogP contribution in [0.1, 0.15) is 10.4 Å². The zero-order chi connectivity index (χ0) is 18.8. The Bertz CT molecular complexity index is 1150. The summed E-state index contributed by atoms with van der Waals surface area (Å²) < 4.78 is 1.06. The Morgan fingerprint density at radius 2 is 1.89 bits per heavy atom. The number of pyridine rings is 1. The number of benzene rings is 2. The Hall–Kier alpha value is -3.07. The van der Waals surface area contributed by atoms with Crippen LogP contribution in [-0.2, 0) is 0 Å². The zero-order valence-electron chi connectivity index (χ0n) is 14.1. The van der Waals surface area contributed by atoms with Crippen molar-refractivity contribution in [3.63, 3.8) is 0 Å². The number of rotatable bonds is 4. The highest BCUT2D eigenvalue weighted by atomic mass is 127. The summed E-state index contributed by atoms with van der Waals surface area (Å²) in [5, 5.41) is 4.11. The number of hydrogen-bond donors (Lipinski definition) is 2. The molecule has 0 radical (unpaired) electrons. The molecule has 27 heavy (non-hydrogen) atoms. The molecule has 3 N–H and O–H groups in total. The molecule has 0 saturated carbocycles. The molecule has 132 valence electrons. The third kappa shape index (κ3) is 3.59. The van der Waals surface area contributed by atoms with Gasteiger partial charge in [-0.2, -0.15) is 0 Å². The van der Waals surface area contributed by atoms with Crippen LogP contribution in [0.4, 0.5) is 11.5 Å². The van der Waals surface area contributed by atoms with Crippen LogP contribution < -0.4 is 11.1 Å². The van der Waals surface area contributed by atoms with E-state index in [9.17, 15) is 4.79 Å². The summed E-state index contributed by atoms with van der Waals surface area (Å²) in [5.74, 6) is 0.653. The van der Waals surface area contributed by atoms with E-state index in [4.69, 9.17) is 10.7 Å². The fourth-order valence-electron chi connectivity index (χ4n) is 2.75. The minimum Gasteiger partial charge on any atom is -0.366 e. The third-order valence-corrected chi connectivity index (χ3v) is 4.69. The fraction of sp³-hybridized carbons (Fsp3) is 0. The quantitative estimate of drug-likeness (QED) is 0.440. The van der Waals surface area contributed by atoms with Gasteiger partial charge >= 0.3 is 0 Å². The van der Waals surface area contributed by atoms with Gasteiger partial charge in [0.1, 0.15) is 5.82 Å². The number of carbonyl (C=O) groups is 1. The van der Waals surface area contributed by atoms with E-state index in [1.807, 2.05) is 36.4 Å². The first kappa shape index (κ1) is 17.3. The molecule has 1 amide bonds. The first-order valence-corrected chi connectivity index (χ1v) is 9.23. The average Bonchev–Trinajstić information content (AvgIpc) is 2.69. The average molecular weight is 467 g/mol. The number of carbonyl (C=O) groups excluding carboxylic acids is 1. The molecule has 0 bridgehead atoms. The van der Waals surface area contributed by atoms with E-state index >= 15 is 0 Å². The molecule has 4 aromatic rings. The predicted octanol–water partition coefficient (Wildman–Crippen LogP) is 4.14. The van der Waals surface area contributed by atoms with Crippen LogP contribution in [0.5, 0.6) is 0 Å². The molecular formula is C20H14IN5O. The Morgan fingerprint density at radius 3 is 2.67 bits per heavy atom. The molecule has 6 nitrogen and oxygen atoms in total. The predicted molar refractivity (Wildman–Crippen MR) is 114 cm³/mol. The maximum atomic E-state index is 11.8. The Labute approximate surface area is 169 Å². The lowest BCUT2D eigenvalue weighted by molar-refractivity contribution is 0.100. The Morgan fingerprint density at radius 1 is 1.04 bits per heavy atom. The van der Waals surface area contributed by atoms with E-state index in [-0.39, 0.29) is 0 Å². The highest BCUT2D eigenvalue weighted by Crippen LogP contribution is 2.29. The molecule has 0 aliphatic carbocycles. The van der Waals surface area contributed by atoms with Crippen molar-refractivity contribution >= 4 is 50.9 Å². The number of para-hydroxylation sites is 1. The molecule has 2 aromatic carbocycles. The maximum absolute atomic E-state index is 11.8. The number of fused-ring (bicyclic) bond motifs is 1. The number of primary amides is 1. The molecule has 2 aromatic heterocycles. The summed E-state index contributed by atoms with van der Waals surface area (Å²) in [5.41, 5.74) is 8.11. The molecule has 7 heteroatoms. The topological polar surface area (TPSA) is 93.8 Å². The highest BCUT2D eigenvalue weighted by Gasteiger charge is 2.13. The van der Waals surface area contributed by atoms with Gasteiger partial charge in [-0.25, -0.2) is 9.97 Å². The normalized spacial score (nSPS) is 10.7. The van der Waals surface area contributed by atoms with Crippen LogP contribution in [0.2, 0.25) is 0 Å². The molecule has 0 unspecified atom stereocenters. The highest BCUT2D eigenvalue weighted by molar-refractivity contribution is 14.1. The summed E-state index contributed by atoms with van der Waals surface area (Å²) in [7, 11) is 0. The minimum atomic E-state index is -0.501. The molecule has 0 atom stereocenters. The third-order valence-electron chi connectivity index (χ3n) is 4.02. The standard InChI is InChI=1S/C20H14IN5O/c21-13-7-8-17-15(10-13)20(25-16-6-2-1-5-14(16)18(22)27)26-19(24-17)12-4-3-9-23-11-12/h1-11H,(H2,22,27)(H,24,25,26). The van der Waals surface area contributed by atoms with E-state index < -0.39 is 5.91 Å². The molecule has 0 aliphatic heterocycles. The first-order chi connectivity index (χ1) is 13.1. The summed E-state index contributed by atoms with van der Waals surface area (Å²) in [6.45, 7) is 0. The number of nitrogens with zero attached hydrogens (tertiary/aromatic N) is 3. The molecule has 0 spiro atoms. The fourth-order valence-corrected chi connectivity index (χ4v) is 3.25. The number of nitrogens with two attached hydrogens (primary N) is 1. The lowest BCUT2D eigenvalue weighted by Gasteiger charge is -2.13. The smallest absolute Gasteiger partial charge is 0.250 e. The number of anilines is 2. The van der Waals surface area contributed by atoms with Gasteiger partial charge in [-0.15, -0.1) is 0 Å². The summed E-state index contributed by atoms with van der Waals surface area (Å²) >= 11 is 2.25. The van der Waals surface area contributed by atoms with Crippen molar-refractivity contribution in [1.29, 1.82) is 0 Å². The molecule has 0 fully saturated rings.